The largest absolute Gasteiger partial charge is 0.415 e. The van der Waals surface area contributed by atoms with Crippen molar-refractivity contribution in [1.82, 2.24) is 4.90 Å². The van der Waals surface area contributed by atoms with Gasteiger partial charge in [-0.15, -0.1) is 0 Å². The second-order valence-corrected chi connectivity index (χ2v) is 6.58. The summed E-state index contributed by atoms with van der Waals surface area (Å²) in [5.74, 6) is 0. The van der Waals surface area contributed by atoms with E-state index in [-0.39, 0.29) is 17.5 Å². The predicted octanol–water partition coefficient (Wildman–Crippen LogP) is 3.71. The lowest BCUT2D eigenvalue weighted by Gasteiger charge is -2.28. The highest BCUT2D eigenvalue weighted by molar-refractivity contribution is 5.68. The number of hydrogen-bond donors (Lipinski definition) is 1. The van der Waals surface area contributed by atoms with Crippen LogP contribution in [-0.2, 0) is 4.74 Å². The van der Waals surface area contributed by atoms with Crippen LogP contribution in [0.25, 0.3) is 0 Å². The standard InChI is InChI=1S/C16H29NO3/c1-11(2)17(12(3)4)15(19)20-10-9-14(13(5)18)16(6,7)8/h10-13,18H,1-8H3/t9?,13-/m1/s1. The Morgan fingerprint density at radius 1 is 1.15 bits per heavy atom. The van der Waals surface area contributed by atoms with E-state index < -0.39 is 12.2 Å². The summed E-state index contributed by atoms with van der Waals surface area (Å²) in [6.45, 7) is 15.4. The minimum absolute atomic E-state index is 0.0683. The fraction of sp³-hybridized carbons (Fsp3) is 0.750. The number of aliphatic hydroxyl groups excluding tert-OH is 1. The third-order valence-electron chi connectivity index (χ3n) is 2.92. The minimum Gasteiger partial charge on any atom is -0.410 e. The van der Waals surface area contributed by atoms with Gasteiger partial charge in [0.2, 0.25) is 0 Å². The van der Waals surface area contributed by atoms with E-state index >= 15 is 0 Å². The molecule has 0 aliphatic heterocycles. The summed E-state index contributed by atoms with van der Waals surface area (Å²) in [7, 11) is 0. The number of ether oxygens (including phenoxy) is 1. The lowest BCUT2D eigenvalue weighted by Crippen LogP contribution is -2.41. The molecular weight excluding hydrogens is 254 g/mol. The molecule has 0 saturated carbocycles. The van der Waals surface area contributed by atoms with Crippen LogP contribution in [0.4, 0.5) is 4.79 Å². The average molecular weight is 283 g/mol. The third kappa shape index (κ3) is 5.81. The van der Waals surface area contributed by atoms with Crippen LogP contribution in [0.2, 0.25) is 0 Å². The number of hydrogen-bond acceptors (Lipinski definition) is 3. The summed E-state index contributed by atoms with van der Waals surface area (Å²) >= 11 is 0. The minimum atomic E-state index is -0.628. The Morgan fingerprint density at radius 2 is 1.60 bits per heavy atom. The van der Waals surface area contributed by atoms with Crippen molar-refractivity contribution < 1.29 is 14.6 Å². The fourth-order valence-corrected chi connectivity index (χ4v) is 2.19. The van der Waals surface area contributed by atoms with Crippen molar-refractivity contribution in [2.24, 2.45) is 5.41 Å². The number of amides is 1. The molecule has 0 radical (unpaired) electrons. The van der Waals surface area contributed by atoms with E-state index in [1.165, 1.54) is 6.26 Å². The zero-order valence-corrected chi connectivity index (χ0v) is 14.0. The highest BCUT2D eigenvalue weighted by Crippen LogP contribution is 2.26. The molecular formula is C16H29NO3. The second-order valence-electron chi connectivity index (χ2n) is 6.58. The van der Waals surface area contributed by atoms with Crippen molar-refractivity contribution in [2.75, 3.05) is 0 Å². The zero-order valence-electron chi connectivity index (χ0n) is 14.0. The maximum atomic E-state index is 12.0. The maximum absolute atomic E-state index is 12.0. The molecule has 1 N–H and O–H groups in total. The van der Waals surface area contributed by atoms with E-state index in [1.54, 1.807) is 11.8 Å². The van der Waals surface area contributed by atoms with Gasteiger partial charge in [0.05, 0.1) is 6.10 Å². The molecule has 0 heterocycles. The first-order chi connectivity index (χ1) is 8.98. The van der Waals surface area contributed by atoms with E-state index in [1.807, 2.05) is 48.5 Å². The molecule has 0 unspecified atom stereocenters. The first-order valence-electron chi connectivity index (χ1n) is 7.11. The Hall–Kier alpha value is -1.25. The van der Waals surface area contributed by atoms with E-state index in [2.05, 4.69) is 5.73 Å². The van der Waals surface area contributed by atoms with Crippen molar-refractivity contribution in [2.45, 2.75) is 73.6 Å². The van der Waals surface area contributed by atoms with Gasteiger partial charge in [0, 0.05) is 17.7 Å². The van der Waals surface area contributed by atoms with Gasteiger partial charge in [-0.05, 0) is 40.0 Å². The molecule has 0 bridgehead atoms. The highest BCUT2D eigenvalue weighted by Gasteiger charge is 2.22. The molecule has 4 heteroatoms. The lowest BCUT2D eigenvalue weighted by atomic mass is 9.84. The molecule has 1 amide bonds. The van der Waals surface area contributed by atoms with Crippen LogP contribution in [0.3, 0.4) is 0 Å². The van der Waals surface area contributed by atoms with Gasteiger partial charge in [0.15, 0.2) is 0 Å². The van der Waals surface area contributed by atoms with E-state index in [9.17, 15) is 9.90 Å². The molecule has 4 nitrogen and oxygen atoms in total. The third-order valence-corrected chi connectivity index (χ3v) is 2.92. The predicted molar refractivity (Wildman–Crippen MR) is 81.3 cm³/mol. The molecule has 116 valence electrons. The fourth-order valence-electron chi connectivity index (χ4n) is 2.19. The van der Waals surface area contributed by atoms with Crippen molar-refractivity contribution in [1.29, 1.82) is 0 Å². The number of aliphatic hydroxyl groups is 1. The lowest BCUT2D eigenvalue weighted by molar-refractivity contribution is 0.109. The molecule has 0 fully saturated rings. The van der Waals surface area contributed by atoms with Crippen LogP contribution in [0.1, 0.15) is 55.4 Å². The van der Waals surface area contributed by atoms with Crippen molar-refractivity contribution in [3.05, 3.63) is 17.6 Å². The molecule has 20 heavy (non-hydrogen) atoms. The van der Waals surface area contributed by atoms with Gasteiger partial charge < -0.3 is 14.7 Å². The number of nitrogens with zero attached hydrogens (tertiary/aromatic N) is 1. The summed E-state index contributed by atoms with van der Waals surface area (Å²) in [5.41, 5.74) is 3.37. The first kappa shape index (κ1) is 18.8. The molecule has 0 rings (SSSR count). The molecule has 0 spiro atoms. The van der Waals surface area contributed by atoms with Gasteiger partial charge >= 0.3 is 6.09 Å². The quantitative estimate of drug-likeness (QED) is 0.632. The Labute approximate surface area is 123 Å². The molecule has 1 atom stereocenters. The van der Waals surface area contributed by atoms with E-state index in [0.29, 0.717) is 5.57 Å². The van der Waals surface area contributed by atoms with Gasteiger partial charge in [0.25, 0.3) is 0 Å². The molecule has 0 aliphatic rings. The first-order valence-corrected chi connectivity index (χ1v) is 7.11. The Bertz CT molecular complexity index is 375. The molecule has 0 aliphatic carbocycles. The van der Waals surface area contributed by atoms with Gasteiger partial charge in [-0.25, -0.2) is 4.79 Å². The van der Waals surface area contributed by atoms with Gasteiger partial charge in [0.1, 0.15) is 6.26 Å². The second kappa shape index (κ2) is 7.51. The normalized spacial score (nSPS) is 12.9. The average Bonchev–Trinajstić information content (AvgIpc) is 2.20. The Balaban J connectivity index is 5.06. The van der Waals surface area contributed by atoms with Crippen molar-refractivity contribution >= 4 is 6.09 Å². The summed E-state index contributed by atoms with van der Waals surface area (Å²) < 4.78 is 5.12. The molecule has 0 saturated heterocycles. The van der Waals surface area contributed by atoms with Crippen LogP contribution >= 0.6 is 0 Å². The van der Waals surface area contributed by atoms with E-state index in [4.69, 9.17) is 4.74 Å². The maximum Gasteiger partial charge on any atom is 0.415 e. The van der Waals surface area contributed by atoms with Gasteiger partial charge in [-0.2, -0.15) is 0 Å². The number of carbonyl (C=O) groups excluding carboxylic acids is 1. The number of rotatable bonds is 4. The molecule has 0 aromatic heterocycles. The molecule has 0 aromatic rings. The number of carbonyl (C=O) groups is 1. The summed E-state index contributed by atoms with van der Waals surface area (Å²) in [6.07, 6.45) is 0.213. The van der Waals surface area contributed by atoms with Crippen LogP contribution < -0.4 is 0 Å². The van der Waals surface area contributed by atoms with Crippen LogP contribution in [-0.4, -0.2) is 34.3 Å². The summed E-state index contributed by atoms with van der Waals surface area (Å²) in [6, 6.07) is 0.137. The van der Waals surface area contributed by atoms with Crippen LogP contribution in [0, 0.1) is 5.41 Å². The van der Waals surface area contributed by atoms with Crippen LogP contribution in [0.15, 0.2) is 17.6 Å². The monoisotopic (exact) mass is 283 g/mol. The Morgan fingerprint density at radius 3 is 1.90 bits per heavy atom. The summed E-state index contributed by atoms with van der Waals surface area (Å²) in [4.78, 5) is 13.6. The van der Waals surface area contributed by atoms with Gasteiger partial charge in [-0.3, -0.25) is 0 Å². The SMILES string of the molecule is CC(C)N(C(=O)OC=C=C([C@@H](C)O)C(C)(C)C)C(C)C. The molecule has 0 aromatic carbocycles. The van der Waals surface area contributed by atoms with Crippen LogP contribution in [0.5, 0.6) is 0 Å². The van der Waals surface area contributed by atoms with E-state index in [0.717, 1.165) is 0 Å². The smallest absolute Gasteiger partial charge is 0.410 e. The van der Waals surface area contributed by atoms with Crippen molar-refractivity contribution in [3.8, 4) is 0 Å². The van der Waals surface area contributed by atoms with Crippen molar-refractivity contribution in [3.63, 3.8) is 0 Å². The highest BCUT2D eigenvalue weighted by atomic mass is 16.5. The zero-order chi connectivity index (χ0) is 16.1. The summed E-state index contributed by atoms with van der Waals surface area (Å²) in [5, 5.41) is 9.73. The van der Waals surface area contributed by atoms with Gasteiger partial charge in [-0.1, -0.05) is 26.5 Å². The topological polar surface area (TPSA) is 49.8 Å². The Kier molecular flexibility index (Phi) is 7.04.